The van der Waals surface area contributed by atoms with Crippen molar-refractivity contribution in [1.82, 2.24) is 20.0 Å². The highest BCUT2D eigenvalue weighted by Crippen LogP contribution is 2.10. The summed E-state index contributed by atoms with van der Waals surface area (Å²) in [6.07, 6.45) is 11.6. The van der Waals surface area contributed by atoms with Crippen molar-refractivity contribution in [3.63, 3.8) is 0 Å². The number of nitrogens with zero attached hydrogens (tertiary/aromatic N) is 3. The molecule has 2 N–H and O–H groups in total. The normalized spacial score (nSPS) is 15.6. The first kappa shape index (κ1) is 14.6. The molecule has 0 atom stereocenters. The van der Waals surface area contributed by atoms with Crippen LogP contribution < -0.4 is 10.6 Å². The molecule has 0 saturated heterocycles. The average Bonchev–Trinajstić information content (AvgIpc) is 3.16. The fourth-order valence-corrected chi connectivity index (χ4v) is 2.76. The van der Waals surface area contributed by atoms with E-state index in [9.17, 15) is 0 Å². The van der Waals surface area contributed by atoms with Crippen LogP contribution in [0.15, 0.2) is 41.7 Å². The highest BCUT2D eigenvalue weighted by molar-refractivity contribution is 5.80. The van der Waals surface area contributed by atoms with Gasteiger partial charge in [-0.3, -0.25) is 4.99 Å². The van der Waals surface area contributed by atoms with Crippen LogP contribution in [0, 0.1) is 6.92 Å². The Balaban J connectivity index is 1.53. The monoisotopic (exact) mass is 297 g/mol. The predicted octanol–water partition coefficient (Wildman–Crippen LogP) is 2.07. The van der Waals surface area contributed by atoms with Gasteiger partial charge < -0.3 is 15.0 Å². The maximum atomic E-state index is 4.69. The van der Waals surface area contributed by atoms with Gasteiger partial charge in [0.05, 0.1) is 5.69 Å². The molecule has 116 valence electrons. The third-order valence-electron chi connectivity index (χ3n) is 3.97. The molecule has 0 spiro atoms. The number of aliphatic imine (C=N–C) groups is 1. The van der Waals surface area contributed by atoms with E-state index in [1.54, 1.807) is 0 Å². The molecule has 2 heterocycles. The molecular weight excluding hydrogens is 274 g/mol. The molecule has 2 aromatic rings. The number of rotatable bonds is 4. The number of hydrogen-bond acceptors (Lipinski definition) is 2. The summed E-state index contributed by atoms with van der Waals surface area (Å²) in [7, 11) is 1.81. The van der Waals surface area contributed by atoms with Crippen LogP contribution in [0.1, 0.15) is 24.1 Å². The second kappa shape index (κ2) is 6.64. The van der Waals surface area contributed by atoms with Crippen LogP contribution in [0.5, 0.6) is 0 Å². The van der Waals surface area contributed by atoms with Crippen LogP contribution in [0.25, 0.3) is 5.65 Å². The molecule has 2 aromatic heterocycles. The van der Waals surface area contributed by atoms with Crippen LogP contribution in [-0.4, -0.2) is 35.0 Å². The highest BCUT2D eigenvalue weighted by atomic mass is 15.2. The molecular formula is C17H23N5. The fraction of sp³-hybridized carbons (Fsp3) is 0.412. The minimum absolute atomic E-state index is 0.476. The highest BCUT2D eigenvalue weighted by Gasteiger charge is 2.11. The molecule has 3 rings (SSSR count). The van der Waals surface area contributed by atoms with Gasteiger partial charge in [0.25, 0.3) is 0 Å². The molecule has 1 aliphatic carbocycles. The summed E-state index contributed by atoms with van der Waals surface area (Å²) in [5, 5.41) is 6.80. The first-order valence-corrected chi connectivity index (χ1v) is 7.81. The molecule has 0 radical (unpaired) electrons. The lowest BCUT2D eigenvalue weighted by Gasteiger charge is -2.16. The molecule has 5 nitrogen and oxygen atoms in total. The van der Waals surface area contributed by atoms with E-state index in [-0.39, 0.29) is 0 Å². The van der Waals surface area contributed by atoms with Crippen molar-refractivity contribution in [2.45, 2.75) is 32.2 Å². The fourth-order valence-electron chi connectivity index (χ4n) is 2.76. The standard InChI is InChI=1S/C17H23N5/c1-13-6-5-11-22-12-15(20-16(13)22)9-10-19-17(18-2)21-14-7-3-4-8-14/h3-6,11-12,14H,7-10H2,1-2H3,(H2,18,19,21). The van der Waals surface area contributed by atoms with E-state index in [0.29, 0.717) is 6.04 Å². The summed E-state index contributed by atoms with van der Waals surface area (Å²) >= 11 is 0. The summed E-state index contributed by atoms with van der Waals surface area (Å²) < 4.78 is 2.09. The molecule has 22 heavy (non-hydrogen) atoms. The van der Waals surface area contributed by atoms with Crippen molar-refractivity contribution >= 4 is 11.6 Å². The van der Waals surface area contributed by atoms with Gasteiger partial charge in [0.15, 0.2) is 5.96 Å². The Morgan fingerprint density at radius 1 is 1.41 bits per heavy atom. The molecule has 0 bridgehead atoms. The van der Waals surface area contributed by atoms with Crippen molar-refractivity contribution in [3.8, 4) is 0 Å². The number of fused-ring (bicyclic) bond motifs is 1. The Labute approximate surface area is 131 Å². The maximum Gasteiger partial charge on any atom is 0.191 e. The predicted molar refractivity (Wildman–Crippen MR) is 90.3 cm³/mol. The van der Waals surface area contributed by atoms with Crippen molar-refractivity contribution in [1.29, 1.82) is 0 Å². The molecule has 0 unspecified atom stereocenters. The largest absolute Gasteiger partial charge is 0.356 e. The van der Waals surface area contributed by atoms with E-state index in [2.05, 4.69) is 51.4 Å². The Morgan fingerprint density at radius 3 is 2.95 bits per heavy atom. The van der Waals surface area contributed by atoms with E-state index in [4.69, 9.17) is 4.98 Å². The number of aromatic nitrogens is 2. The van der Waals surface area contributed by atoms with Gasteiger partial charge in [-0.1, -0.05) is 18.2 Å². The zero-order valence-corrected chi connectivity index (χ0v) is 13.2. The molecule has 0 amide bonds. The smallest absolute Gasteiger partial charge is 0.191 e. The van der Waals surface area contributed by atoms with E-state index in [1.165, 1.54) is 5.56 Å². The number of pyridine rings is 1. The number of guanidine groups is 1. The van der Waals surface area contributed by atoms with Gasteiger partial charge in [0.1, 0.15) is 5.65 Å². The molecule has 1 aliphatic rings. The molecule has 0 aliphatic heterocycles. The van der Waals surface area contributed by atoms with Crippen molar-refractivity contribution in [2.24, 2.45) is 4.99 Å². The lowest BCUT2D eigenvalue weighted by molar-refractivity contribution is 0.632. The van der Waals surface area contributed by atoms with Crippen LogP contribution in [0.4, 0.5) is 0 Å². The lowest BCUT2D eigenvalue weighted by atomic mass is 10.2. The van der Waals surface area contributed by atoms with Gasteiger partial charge in [-0.15, -0.1) is 0 Å². The second-order valence-electron chi connectivity index (χ2n) is 5.69. The first-order chi connectivity index (χ1) is 10.8. The third-order valence-corrected chi connectivity index (χ3v) is 3.97. The van der Waals surface area contributed by atoms with Gasteiger partial charge in [-0.2, -0.15) is 0 Å². The number of imidazole rings is 1. The second-order valence-corrected chi connectivity index (χ2v) is 5.69. The van der Waals surface area contributed by atoms with Gasteiger partial charge in [-0.25, -0.2) is 4.98 Å². The molecule has 0 saturated carbocycles. The average molecular weight is 297 g/mol. The molecule has 0 fully saturated rings. The van der Waals surface area contributed by atoms with Crippen LogP contribution in [-0.2, 0) is 6.42 Å². The SMILES string of the molecule is CN=C(NCCc1cn2cccc(C)c2n1)NC1CC=CC1. The van der Waals surface area contributed by atoms with Crippen molar-refractivity contribution in [3.05, 3.63) is 47.9 Å². The van der Waals surface area contributed by atoms with Crippen LogP contribution >= 0.6 is 0 Å². The summed E-state index contributed by atoms with van der Waals surface area (Å²) in [5.74, 6) is 0.869. The quantitative estimate of drug-likeness (QED) is 0.516. The topological polar surface area (TPSA) is 53.7 Å². The van der Waals surface area contributed by atoms with Crippen molar-refractivity contribution in [2.75, 3.05) is 13.6 Å². The maximum absolute atomic E-state index is 4.69. The third kappa shape index (κ3) is 3.30. The number of aryl methyl sites for hydroxylation is 1. The van der Waals surface area contributed by atoms with E-state index in [1.807, 2.05) is 19.3 Å². The number of nitrogens with one attached hydrogen (secondary N) is 2. The van der Waals surface area contributed by atoms with Crippen LogP contribution in [0.2, 0.25) is 0 Å². The first-order valence-electron chi connectivity index (χ1n) is 7.81. The van der Waals surface area contributed by atoms with E-state index < -0.39 is 0 Å². The van der Waals surface area contributed by atoms with Gasteiger partial charge in [0, 0.05) is 38.4 Å². The van der Waals surface area contributed by atoms with Crippen LogP contribution in [0.3, 0.4) is 0 Å². The Bertz CT molecular complexity index is 690. The summed E-state index contributed by atoms with van der Waals surface area (Å²) in [6.45, 7) is 2.91. The Hall–Kier alpha value is -2.30. The Kier molecular flexibility index (Phi) is 4.42. The summed E-state index contributed by atoms with van der Waals surface area (Å²) in [6, 6.07) is 4.61. The van der Waals surface area contributed by atoms with E-state index in [0.717, 1.165) is 43.1 Å². The van der Waals surface area contributed by atoms with Gasteiger partial charge in [-0.05, 0) is 31.4 Å². The van der Waals surface area contributed by atoms with Gasteiger partial charge in [0.2, 0.25) is 0 Å². The molecule has 5 heteroatoms. The summed E-state index contributed by atoms with van der Waals surface area (Å²) in [4.78, 5) is 8.97. The number of hydrogen-bond donors (Lipinski definition) is 2. The zero-order chi connectivity index (χ0) is 15.4. The minimum Gasteiger partial charge on any atom is -0.356 e. The molecule has 0 aromatic carbocycles. The van der Waals surface area contributed by atoms with E-state index >= 15 is 0 Å². The minimum atomic E-state index is 0.476. The lowest BCUT2D eigenvalue weighted by Crippen LogP contribution is -2.43. The van der Waals surface area contributed by atoms with Gasteiger partial charge >= 0.3 is 0 Å². The zero-order valence-electron chi connectivity index (χ0n) is 13.2. The summed E-state index contributed by atoms with van der Waals surface area (Å²) in [5.41, 5.74) is 3.34. The van der Waals surface area contributed by atoms with Crippen molar-refractivity contribution < 1.29 is 0 Å². The Morgan fingerprint density at radius 2 is 2.23 bits per heavy atom.